The Morgan fingerprint density at radius 3 is 2.83 bits per heavy atom. The molecule has 0 bridgehead atoms. The van der Waals surface area contributed by atoms with Crippen LogP contribution in [-0.2, 0) is 6.54 Å². The number of hydrogen-bond donors (Lipinski definition) is 1. The summed E-state index contributed by atoms with van der Waals surface area (Å²) < 4.78 is 7.37. The van der Waals surface area contributed by atoms with E-state index >= 15 is 0 Å². The molecule has 0 aliphatic rings. The average Bonchev–Trinajstić information content (AvgIpc) is 3.38. The Bertz CT molecular complexity index is 884. The van der Waals surface area contributed by atoms with Crippen LogP contribution in [0.3, 0.4) is 0 Å². The summed E-state index contributed by atoms with van der Waals surface area (Å²) in [6.45, 7) is 0.798. The maximum Gasteiger partial charge on any atom is 0.195 e. The number of aromatic amines is 1. The van der Waals surface area contributed by atoms with Crippen LogP contribution in [0.1, 0.15) is 0 Å². The first kappa shape index (κ1) is 14.6. The predicted octanol–water partition coefficient (Wildman–Crippen LogP) is 2.51. The molecule has 0 aromatic carbocycles. The molecule has 0 saturated heterocycles. The van der Waals surface area contributed by atoms with E-state index in [9.17, 15) is 0 Å². The second kappa shape index (κ2) is 6.67. The summed E-state index contributed by atoms with van der Waals surface area (Å²) in [7, 11) is 0. The van der Waals surface area contributed by atoms with Crippen molar-refractivity contribution in [3.8, 4) is 23.0 Å². The minimum Gasteiger partial charge on any atom is -0.461 e. The molecule has 0 amide bonds. The van der Waals surface area contributed by atoms with Crippen molar-refractivity contribution in [3.05, 3.63) is 49.4 Å². The van der Waals surface area contributed by atoms with Gasteiger partial charge < -0.3 is 8.98 Å². The topological polar surface area (TPSA) is 98.3 Å². The third kappa shape index (κ3) is 3.06. The van der Waals surface area contributed by atoms with Crippen LogP contribution in [0.5, 0.6) is 0 Å². The molecule has 0 aliphatic carbocycles. The molecule has 4 heterocycles. The first-order valence-corrected chi connectivity index (χ1v) is 8.25. The Morgan fingerprint density at radius 1 is 1.17 bits per heavy atom. The lowest BCUT2D eigenvalue weighted by atomic mass is 10.3. The summed E-state index contributed by atoms with van der Waals surface area (Å²) in [6, 6.07) is 3.64. The van der Waals surface area contributed by atoms with Crippen molar-refractivity contribution in [1.29, 1.82) is 0 Å². The van der Waals surface area contributed by atoms with E-state index in [1.165, 1.54) is 0 Å². The molecule has 4 aromatic heterocycles. The molecule has 0 unspecified atom stereocenters. The molecule has 0 saturated carbocycles. The Labute approximate surface area is 141 Å². The number of furan rings is 1. The average molecular weight is 339 g/mol. The maximum atomic E-state index is 5.30. The Kier molecular flexibility index (Phi) is 4.07. The van der Waals surface area contributed by atoms with Crippen LogP contribution in [-0.4, -0.2) is 40.7 Å². The van der Waals surface area contributed by atoms with Crippen LogP contribution in [0, 0.1) is 0 Å². The number of aryl methyl sites for hydroxylation is 1. The maximum absolute atomic E-state index is 5.30. The summed E-state index contributed by atoms with van der Waals surface area (Å²) in [5.74, 6) is 2.90. The van der Waals surface area contributed by atoms with E-state index in [4.69, 9.17) is 4.42 Å². The van der Waals surface area contributed by atoms with Gasteiger partial charge >= 0.3 is 0 Å². The standard InChI is InChI=1S/C15H13N7OS/c1-2-12(23-6-1)14-17-8-11(9-18-14)15-16-3-4-22(15)5-7-24-13-10-19-21-20-13/h1-4,6,8-10H,5,7H2,(H,19,20,21). The molecule has 0 aliphatic heterocycles. The quantitative estimate of drug-likeness (QED) is 0.539. The first-order chi connectivity index (χ1) is 11.9. The molecule has 0 radical (unpaired) electrons. The smallest absolute Gasteiger partial charge is 0.195 e. The van der Waals surface area contributed by atoms with Gasteiger partial charge in [0.15, 0.2) is 11.6 Å². The van der Waals surface area contributed by atoms with Gasteiger partial charge in [-0.2, -0.15) is 10.3 Å². The minimum absolute atomic E-state index is 0.559. The summed E-state index contributed by atoms with van der Waals surface area (Å²) in [5, 5.41) is 11.3. The Balaban J connectivity index is 1.47. The number of aromatic nitrogens is 7. The molecule has 0 spiro atoms. The fourth-order valence-corrected chi connectivity index (χ4v) is 2.97. The molecule has 8 nitrogen and oxygen atoms in total. The molecular weight excluding hydrogens is 326 g/mol. The van der Waals surface area contributed by atoms with Crippen LogP contribution < -0.4 is 0 Å². The molecule has 9 heteroatoms. The Hall–Kier alpha value is -2.94. The molecule has 120 valence electrons. The molecule has 1 N–H and O–H groups in total. The van der Waals surface area contributed by atoms with Crippen molar-refractivity contribution in [3.63, 3.8) is 0 Å². The van der Waals surface area contributed by atoms with Gasteiger partial charge in [-0.3, -0.25) is 0 Å². The molecular formula is C15H13N7OS. The van der Waals surface area contributed by atoms with E-state index in [1.807, 2.05) is 18.3 Å². The fourth-order valence-electron chi connectivity index (χ4n) is 2.24. The largest absolute Gasteiger partial charge is 0.461 e. The van der Waals surface area contributed by atoms with Gasteiger partial charge in [0, 0.05) is 37.1 Å². The van der Waals surface area contributed by atoms with Crippen LogP contribution >= 0.6 is 11.8 Å². The highest BCUT2D eigenvalue weighted by atomic mass is 32.2. The van der Waals surface area contributed by atoms with E-state index in [2.05, 4.69) is 34.9 Å². The number of nitrogens with zero attached hydrogens (tertiary/aromatic N) is 6. The highest BCUT2D eigenvalue weighted by molar-refractivity contribution is 7.99. The van der Waals surface area contributed by atoms with Crippen LogP contribution in [0.4, 0.5) is 0 Å². The van der Waals surface area contributed by atoms with Gasteiger partial charge in [-0.05, 0) is 12.1 Å². The van der Waals surface area contributed by atoms with E-state index < -0.39 is 0 Å². The summed E-state index contributed by atoms with van der Waals surface area (Å²) >= 11 is 1.63. The highest BCUT2D eigenvalue weighted by Crippen LogP contribution is 2.20. The molecule has 4 rings (SSSR count). The second-order valence-corrected chi connectivity index (χ2v) is 5.99. The monoisotopic (exact) mass is 339 g/mol. The molecule has 0 fully saturated rings. The number of imidazole rings is 1. The predicted molar refractivity (Wildman–Crippen MR) is 88.1 cm³/mol. The minimum atomic E-state index is 0.559. The summed E-state index contributed by atoms with van der Waals surface area (Å²) in [4.78, 5) is 13.1. The second-order valence-electron chi connectivity index (χ2n) is 4.87. The fraction of sp³-hybridized carbons (Fsp3) is 0.133. The summed E-state index contributed by atoms with van der Waals surface area (Å²) in [5.41, 5.74) is 0.863. The first-order valence-electron chi connectivity index (χ1n) is 7.26. The lowest BCUT2D eigenvalue weighted by Crippen LogP contribution is -2.02. The third-order valence-electron chi connectivity index (χ3n) is 3.34. The van der Waals surface area contributed by atoms with Gasteiger partial charge in [-0.25, -0.2) is 15.0 Å². The zero-order valence-electron chi connectivity index (χ0n) is 12.5. The van der Waals surface area contributed by atoms with Crippen molar-refractivity contribution in [2.75, 3.05) is 5.75 Å². The van der Waals surface area contributed by atoms with Gasteiger partial charge in [0.25, 0.3) is 0 Å². The van der Waals surface area contributed by atoms with E-state index in [0.29, 0.717) is 11.6 Å². The number of H-pyrrole nitrogens is 1. The number of thioether (sulfide) groups is 1. The van der Waals surface area contributed by atoms with Crippen molar-refractivity contribution in [2.24, 2.45) is 0 Å². The number of rotatable bonds is 6. The molecule has 4 aromatic rings. The number of hydrogen-bond acceptors (Lipinski definition) is 7. The van der Waals surface area contributed by atoms with E-state index in [-0.39, 0.29) is 0 Å². The van der Waals surface area contributed by atoms with Crippen molar-refractivity contribution >= 4 is 11.8 Å². The zero-order chi connectivity index (χ0) is 16.2. The van der Waals surface area contributed by atoms with Gasteiger partial charge in [-0.1, -0.05) is 0 Å². The lowest BCUT2D eigenvalue weighted by molar-refractivity contribution is 0.577. The molecule has 24 heavy (non-hydrogen) atoms. The van der Waals surface area contributed by atoms with Crippen molar-refractivity contribution in [2.45, 2.75) is 11.6 Å². The normalized spacial score (nSPS) is 11.0. The summed E-state index contributed by atoms with van der Waals surface area (Å²) in [6.07, 6.45) is 10.5. The highest BCUT2D eigenvalue weighted by Gasteiger charge is 2.09. The van der Waals surface area contributed by atoms with Gasteiger partial charge in [0.05, 0.1) is 18.0 Å². The third-order valence-corrected chi connectivity index (χ3v) is 4.22. The van der Waals surface area contributed by atoms with Crippen LogP contribution in [0.25, 0.3) is 23.0 Å². The van der Waals surface area contributed by atoms with Crippen molar-refractivity contribution < 1.29 is 4.42 Å². The zero-order valence-corrected chi connectivity index (χ0v) is 13.3. The van der Waals surface area contributed by atoms with E-state index in [0.717, 1.165) is 28.7 Å². The van der Waals surface area contributed by atoms with E-state index in [1.54, 1.807) is 42.8 Å². The number of nitrogens with one attached hydrogen (secondary N) is 1. The van der Waals surface area contributed by atoms with Crippen molar-refractivity contribution in [1.82, 2.24) is 34.9 Å². The van der Waals surface area contributed by atoms with Gasteiger partial charge in [0.1, 0.15) is 10.9 Å². The van der Waals surface area contributed by atoms with Gasteiger partial charge in [-0.15, -0.1) is 16.9 Å². The lowest BCUT2D eigenvalue weighted by Gasteiger charge is -2.07. The molecule has 0 atom stereocenters. The SMILES string of the molecule is c1coc(-c2ncc(-c3nccn3CCSc3cn[nH]n3)cn2)c1. The van der Waals surface area contributed by atoms with Crippen LogP contribution in [0.15, 0.2) is 58.8 Å². The van der Waals surface area contributed by atoms with Gasteiger partial charge in [0.2, 0.25) is 0 Å². The van der Waals surface area contributed by atoms with Crippen LogP contribution in [0.2, 0.25) is 0 Å². The Morgan fingerprint density at radius 2 is 2.08 bits per heavy atom.